The Labute approximate surface area is 265 Å². The third kappa shape index (κ3) is 7.24. The Bertz CT molecular complexity index is 1320. The number of carbonyl (C=O) groups excluding carboxylic acids is 3. The van der Waals surface area contributed by atoms with Crippen LogP contribution in [0.25, 0.3) is 0 Å². The van der Waals surface area contributed by atoms with E-state index in [1.54, 1.807) is 35.2 Å². The number of halogens is 1. The molecule has 2 fully saturated rings. The molecule has 0 radical (unpaired) electrons. The SMILES string of the molecule is CN[C@@H](C)C(=O)O[C@H]1CC(=O)N(C)c2cc(cc(OC)c2Cl)C/C(C)=C/C=C/[C@@H](OC)C2CC(OC(=O)N2)[C@@H](C)[C@H]2C[C@@]12C. The molecule has 0 aromatic heterocycles. The summed E-state index contributed by atoms with van der Waals surface area (Å²) < 4.78 is 23.2. The molecule has 1 aliphatic carbocycles. The van der Waals surface area contributed by atoms with Crippen molar-refractivity contribution in [2.24, 2.45) is 17.3 Å². The summed E-state index contributed by atoms with van der Waals surface area (Å²) in [5.74, 6) is -0.214. The standard InChI is InChI=1S/C33H46ClN3O7/c1-18-10-9-11-25(41-7)23-15-26(43-32(40)36-23)19(2)22-17-33(22,4)28(44-31(39)20(3)35-5)16-29(38)37(6)24-13-21(12-18)14-27(42-8)30(24)34/h9-11,13-14,19-20,22-23,25-26,28,35H,12,15-17H2,1-8H3,(H,36,40)/b11-9+,18-10+/t19-,20-,22+,23?,25+,26?,28-,33+/m0/s1. The van der Waals surface area contributed by atoms with Crippen LogP contribution in [-0.4, -0.2) is 76.7 Å². The van der Waals surface area contributed by atoms with Crippen molar-refractivity contribution in [3.8, 4) is 5.75 Å². The van der Waals surface area contributed by atoms with Gasteiger partial charge in [0.1, 0.15) is 29.0 Å². The fraction of sp³-hybridized carbons (Fsp3) is 0.606. The molecule has 2 amide bonds. The molecule has 242 valence electrons. The first kappa shape index (κ1) is 33.8. The second kappa shape index (κ2) is 13.9. The summed E-state index contributed by atoms with van der Waals surface area (Å²) in [5.41, 5.74) is 1.98. The van der Waals surface area contributed by atoms with E-state index in [9.17, 15) is 14.4 Å². The fourth-order valence-corrected chi connectivity index (χ4v) is 6.78. The molecule has 2 heterocycles. The minimum atomic E-state index is -0.702. The minimum Gasteiger partial charge on any atom is -0.495 e. The van der Waals surface area contributed by atoms with E-state index < -0.39 is 29.6 Å². The van der Waals surface area contributed by atoms with E-state index in [1.165, 1.54) is 4.90 Å². The zero-order valence-electron chi connectivity index (χ0n) is 26.9. The van der Waals surface area contributed by atoms with Crippen molar-refractivity contribution < 1.29 is 33.3 Å². The highest BCUT2D eigenvalue weighted by Gasteiger charge is 2.61. The van der Waals surface area contributed by atoms with Crippen molar-refractivity contribution in [3.05, 3.63) is 46.5 Å². The molecule has 1 aromatic rings. The molecular weight excluding hydrogens is 586 g/mol. The summed E-state index contributed by atoms with van der Waals surface area (Å²) in [7, 11) is 6.52. The molecule has 2 unspecified atom stereocenters. The predicted molar refractivity (Wildman–Crippen MR) is 169 cm³/mol. The number of ether oxygens (including phenoxy) is 4. The Kier molecular flexibility index (Phi) is 10.7. The molecular formula is C33H46ClN3O7. The van der Waals surface area contributed by atoms with Gasteiger partial charge in [-0.05, 0) is 63.3 Å². The number of methoxy groups -OCH3 is 2. The van der Waals surface area contributed by atoms with Crippen molar-refractivity contribution in [1.29, 1.82) is 0 Å². The van der Waals surface area contributed by atoms with Crippen LogP contribution in [0.4, 0.5) is 10.5 Å². The number of hydrogen-bond donors (Lipinski definition) is 2. The maximum atomic E-state index is 13.9. The average molecular weight is 632 g/mol. The molecule has 3 aliphatic rings. The van der Waals surface area contributed by atoms with Gasteiger partial charge in [-0.25, -0.2) is 4.79 Å². The number of amides is 2. The van der Waals surface area contributed by atoms with E-state index in [0.29, 0.717) is 35.7 Å². The fourth-order valence-electron chi connectivity index (χ4n) is 6.47. The number of benzene rings is 1. The smallest absolute Gasteiger partial charge is 0.407 e. The van der Waals surface area contributed by atoms with E-state index >= 15 is 0 Å². The largest absolute Gasteiger partial charge is 0.495 e. The molecule has 1 saturated carbocycles. The van der Waals surface area contributed by atoms with E-state index in [4.69, 9.17) is 30.5 Å². The number of fused-ring (bicyclic) bond motifs is 5. The molecule has 11 heteroatoms. The van der Waals surface area contributed by atoms with Gasteiger partial charge in [0.2, 0.25) is 5.91 Å². The Morgan fingerprint density at radius 1 is 1.27 bits per heavy atom. The Hall–Kier alpha value is -3.08. The van der Waals surface area contributed by atoms with Crippen molar-refractivity contribution in [3.63, 3.8) is 0 Å². The third-order valence-electron chi connectivity index (χ3n) is 9.62. The third-order valence-corrected chi connectivity index (χ3v) is 10.0. The molecule has 1 saturated heterocycles. The van der Waals surface area contributed by atoms with Gasteiger partial charge in [-0.15, -0.1) is 0 Å². The van der Waals surface area contributed by atoms with Gasteiger partial charge in [-0.2, -0.15) is 0 Å². The Morgan fingerprint density at radius 2 is 2.00 bits per heavy atom. The van der Waals surface area contributed by atoms with Crippen LogP contribution in [0.5, 0.6) is 5.75 Å². The first-order chi connectivity index (χ1) is 20.8. The van der Waals surface area contributed by atoms with E-state index in [1.807, 2.05) is 44.2 Å². The quantitative estimate of drug-likeness (QED) is 0.445. The summed E-state index contributed by atoms with van der Waals surface area (Å²) in [6.45, 7) is 7.83. The van der Waals surface area contributed by atoms with Crippen LogP contribution < -0.4 is 20.3 Å². The van der Waals surface area contributed by atoms with Gasteiger partial charge in [0.05, 0.1) is 31.4 Å². The van der Waals surface area contributed by atoms with Crippen molar-refractivity contribution in [2.75, 3.05) is 33.2 Å². The minimum absolute atomic E-state index is 0.0372. The maximum absolute atomic E-state index is 13.9. The number of likely N-dealkylation sites (N-methyl/N-ethyl adjacent to an activating group) is 1. The monoisotopic (exact) mass is 631 g/mol. The van der Waals surface area contributed by atoms with Gasteiger partial charge in [0.15, 0.2) is 0 Å². The zero-order valence-corrected chi connectivity index (χ0v) is 27.7. The van der Waals surface area contributed by atoms with Crippen LogP contribution in [-0.2, 0) is 30.2 Å². The molecule has 2 aliphatic heterocycles. The maximum Gasteiger partial charge on any atom is 0.407 e. The van der Waals surface area contributed by atoms with Crippen molar-refractivity contribution >= 4 is 35.3 Å². The molecule has 8 atom stereocenters. The molecule has 4 rings (SSSR count). The average Bonchev–Trinajstić information content (AvgIpc) is 3.69. The number of rotatable bonds is 5. The van der Waals surface area contributed by atoms with Gasteiger partial charge in [0, 0.05) is 26.0 Å². The van der Waals surface area contributed by atoms with Crippen LogP contribution >= 0.6 is 11.6 Å². The molecule has 1 aromatic carbocycles. The number of nitrogens with one attached hydrogen (secondary N) is 2. The summed E-state index contributed by atoms with van der Waals surface area (Å²) >= 11 is 6.73. The van der Waals surface area contributed by atoms with Gasteiger partial charge in [0.25, 0.3) is 0 Å². The number of nitrogens with zero attached hydrogens (tertiary/aromatic N) is 1. The van der Waals surface area contributed by atoms with Gasteiger partial charge >= 0.3 is 12.1 Å². The molecule has 44 heavy (non-hydrogen) atoms. The highest BCUT2D eigenvalue weighted by Crippen LogP contribution is 2.61. The lowest BCUT2D eigenvalue weighted by Gasteiger charge is -2.37. The van der Waals surface area contributed by atoms with E-state index in [0.717, 1.165) is 11.1 Å². The highest BCUT2D eigenvalue weighted by molar-refractivity contribution is 6.35. The lowest BCUT2D eigenvalue weighted by molar-refractivity contribution is -0.156. The number of anilines is 1. The van der Waals surface area contributed by atoms with Crippen LogP contribution in [0.3, 0.4) is 0 Å². The Balaban J connectivity index is 1.77. The second-order valence-corrected chi connectivity index (χ2v) is 13.0. The molecule has 10 nitrogen and oxygen atoms in total. The highest BCUT2D eigenvalue weighted by atomic mass is 35.5. The van der Waals surface area contributed by atoms with Crippen LogP contribution in [0.1, 0.15) is 52.5 Å². The zero-order chi connectivity index (χ0) is 32.3. The molecule has 0 spiro atoms. The van der Waals surface area contributed by atoms with Crippen LogP contribution in [0.2, 0.25) is 5.02 Å². The number of carbonyl (C=O) groups is 3. The summed E-state index contributed by atoms with van der Waals surface area (Å²) in [6, 6.07) is 2.92. The topological polar surface area (TPSA) is 115 Å². The lowest BCUT2D eigenvalue weighted by atomic mass is 9.84. The second-order valence-electron chi connectivity index (χ2n) is 12.6. The van der Waals surface area contributed by atoms with Gasteiger partial charge in [-0.1, -0.05) is 49.2 Å². The van der Waals surface area contributed by atoms with E-state index in [-0.39, 0.29) is 42.4 Å². The first-order valence-electron chi connectivity index (χ1n) is 15.2. The van der Waals surface area contributed by atoms with Crippen LogP contribution in [0.15, 0.2) is 35.9 Å². The number of esters is 1. The number of alkyl carbamates (subject to hydrolysis) is 1. The number of allylic oxidation sites excluding steroid dienone is 3. The Morgan fingerprint density at radius 3 is 2.66 bits per heavy atom. The van der Waals surface area contributed by atoms with Crippen molar-refractivity contribution in [1.82, 2.24) is 10.6 Å². The van der Waals surface area contributed by atoms with Crippen LogP contribution in [0, 0.1) is 17.3 Å². The summed E-state index contributed by atoms with van der Waals surface area (Å²) in [5, 5.41) is 6.17. The lowest BCUT2D eigenvalue weighted by Crippen LogP contribution is -2.53. The normalized spacial score (nSPS) is 33.6. The van der Waals surface area contributed by atoms with Crippen molar-refractivity contribution in [2.45, 2.75) is 83.8 Å². The van der Waals surface area contributed by atoms with Gasteiger partial charge < -0.3 is 34.5 Å². The molecule has 2 N–H and O–H groups in total. The summed E-state index contributed by atoms with van der Waals surface area (Å²) in [4.78, 5) is 41.1. The van der Waals surface area contributed by atoms with Gasteiger partial charge in [-0.3, -0.25) is 9.59 Å². The van der Waals surface area contributed by atoms with E-state index in [2.05, 4.69) is 17.6 Å². The molecule has 4 bridgehead atoms. The first-order valence-corrected chi connectivity index (χ1v) is 15.5. The predicted octanol–water partition coefficient (Wildman–Crippen LogP) is 4.82. The summed E-state index contributed by atoms with van der Waals surface area (Å²) in [6.07, 6.45) is 5.77. The number of hydrogen-bond acceptors (Lipinski definition) is 8.